The van der Waals surface area contributed by atoms with E-state index in [2.05, 4.69) is 17.2 Å². The number of aromatic nitrogens is 2. The van der Waals surface area contributed by atoms with Gasteiger partial charge < -0.3 is 19.5 Å². The number of carbonyl (C=O) groups excluding carboxylic acids is 1. The van der Waals surface area contributed by atoms with Crippen molar-refractivity contribution >= 4 is 6.09 Å². The lowest BCUT2D eigenvalue weighted by Gasteiger charge is -2.26. The first kappa shape index (κ1) is 16.8. The van der Waals surface area contributed by atoms with E-state index in [1.807, 2.05) is 49.7 Å². The maximum Gasteiger partial charge on any atom is 0.410 e. The van der Waals surface area contributed by atoms with Crippen molar-refractivity contribution in [2.24, 2.45) is 13.0 Å². The van der Waals surface area contributed by atoms with Crippen molar-refractivity contribution in [1.29, 1.82) is 0 Å². The summed E-state index contributed by atoms with van der Waals surface area (Å²) in [7, 11) is 2.01. The van der Waals surface area contributed by atoms with Crippen LogP contribution in [-0.4, -0.2) is 45.8 Å². The van der Waals surface area contributed by atoms with E-state index in [4.69, 9.17) is 4.74 Å². The minimum Gasteiger partial charge on any atom is -0.444 e. The van der Waals surface area contributed by atoms with Gasteiger partial charge in [-0.3, -0.25) is 0 Å². The van der Waals surface area contributed by atoms with E-state index in [9.17, 15) is 4.79 Å². The van der Waals surface area contributed by atoms with Crippen LogP contribution < -0.4 is 5.32 Å². The fourth-order valence-electron chi connectivity index (χ4n) is 2.92. The van der Waals surface area contributed by atoms with Gasteiger partial charge in [0.15, 0.2) is 0 Å². The number of rotatable bonds is 4. The number of hydrogen-bond donors (Lipinski definition) is 1. The molecule has 6 nitrogen and oxygen atoms in total. The van der Waals surface area contributed by atoms with Crippen molar-refractivity contribution < 1.29 is 9.53 Å². The molecule has 1 N–H and O–H groups in total. The zero-order valence-electron chi connectivity index (χ0n) is 14.3. The van der Waals surface area contributed by atoms with Crippen LogP contribution in [0, 0.1) is 5.92 Å². The van der Waals surface area contributed by atoms with E-state index in [0.717, 1.165) is 25.3 Å². The average Bonchev–Trinajstić information content (AvgIpc) is 3.03. The highest BCUT2D eigenvalue weighted by atomic mass is 16.6. The van der Waals surface area contributed by atoms with Gasteiger partial charge in [-0.05, 0) is 33.7 Å². The highest BCUT2D eigenvalue weighted by Gasteiger charge is 2.35. The van der Waals surface area contributed by atoms with Crippen LogP contribution in [0.5, 0.6) is 0 Å². The van der Waals surface area contributed by atoms with E-state index < -0.39 is 5.60 Å². The fourth-order valence-corrected chi connectivity index (χ4v) is 2.92. The van der Waals surface area contributed by atoms with Gasteiger partial charge in [0.05, 0.1) is 6.04 Å². The maximum atomic E-state index is 12.2. The van der Waals surface area contributed by atoms with Crippen LogP contribution in [0.15, 0.2) is 12.4 Å². The second kappa shape index (κ2) is 6.69. The highest BCUT2D eigenvalue weighted by molar-refractivity contribution is 5.68. The Bertz CT molecular complexity index is 506. The van der Waals surface area contributed by atoms with Crippen LogP contribution >= 0.6 is 0 Å². The number of imidazole rings is 1. The number of nitrogens with one attached hydrogen (secondary N) is 1. The SMILES string of the molecule is CCNC(c1nccn1C)C1CCN(C(=O)OC(C)(C)C)C1. The maximum absolute atomic E-state index is 12.2. The zero-order valence-corrected chi connectivity index (χ0v) is 14.3. The molecule has 0 spiro atoms. The Balaban J connectivity index is 2.04. The van der Waals surface area contributed by atoms with E-state index in [1.165, 1.54) is 0 Å². The molecule has 2 heterocycles. The van der Waals surface area contributed by atoms with Crippen molar-refractivity contribution in [3.63, 3.8) is 0 Å². The highest BCUT2D eigenvalue weighted by Crippen LogP contribution is 2.30. The molecule has 6 heteroatoms. The normalized spacial score (nSPS) is 20.2. The van der Waals surface area contributed by atoms with Gasteiger partial charge in [-0.1, -0.05) is 6.92 Å². The molecular weight excluding hydrogens is 280 g/mol. The number of amides is 1. The second-order valence-corrected chi connectivity index (χ2v) is 6.91. The summed E-state index contributed by atoms with van der Waals surface area (Å²) in [5.74, 6) is 1.38. The van der Waals surface area contributed by atoms with Crippen LogP contribution in [0.2, 0.25) is 0 Å². The first-order chi connectivity index (χ1) is 10.3. The van der Waals surface area contributed by atoms with Crippen molar-refractivity contribution in [2.75, 3.05) is 19.6 Å². The summed E-state index contributed by atoms with van der Waals surface area (Å²) < 4.78 is 7.51. The van der Waals surface area contributed by atoms with E-state index in [-0.39, 0.29) is 12.1 Å². The minimum atomic E-state index is -0.448. The standard InChI is InChI=1S/C16H28N4O2/c1-6-17-13(14-18-8-10-19(14)5)12-7-9-20(11-12)15(21)22-16(2,3)4/h8,10,12-13,17H,6-7,9,11H2,1-5H3. The van der Waals surface area contributed by atoms with E-state index in [0.29, 0.717) is 12.5 Å². The molecule has 1 aromatic rings. The first-order valence-electron chi connectivity index (χ1n) is 8.00. The summed E-state index contributed by atoms with van der Waals surface area (Å²) in [6.07, 6.45) is 4.52. The Kier molecular flexibility index (Phi) is 5.11. The third kappa shape index (κ3) is 4.00. The molecule has 2 atom stereocenters. The van der Waals surface area contributed by atoms with E-state index >= 15 is 0 Å². The van der Waals surface area contributed by atoms with Crippen LogP contribution in [-0.2, 0) is 11.8 Å². The predicted octanol–water partition coefficient (Wildman–Crippen LogP) is 2.33. The summed E-state index contributed by atoms with van der Waals surface area (Å²) >= 11 is 0. The number of nitrogens with zero attached hydrogens (tertiary/aromatic N) is 3. The van der Waals surface area contributed by atoms with Crippen molar-refractivity contribution in [3.05, 3.63) is 18.2 Å². The van der Waals surface area contributed by atoms with Gasteiger partial charge in [0.25, 0.3) is 0 Å². The molecule has 1 fully saturated rings. The molecule has 2 rings (SSSR count). The smallest absolute Gasteiger partial charge is 0.410 e. The van der Waals surface area contributed by atoms with Crippen molar-refractivity contribution in [2.45, 2.75) is 45.8 Å². The lowest BCUT2D eigenvalue weighted by Crippen LogP contribution is -2.37. The van der Waals surface area contributed by atoms with Gasteiger partial charge in [0.1, 0.15) is 11.4 Å². The van der Waals surface area contributed by atoms with Crippen molar-refractivity contribution in [3.8, 4) is 0 Å². The summed E-state index contributed by atoms with van der Waals surface area (Å²) in [5.41, 5.74) is -0.448. The Morgan fingerprint density at radius 2 is 2.27 bits per heavy atom. The van der Waals surface area contributed by atoms with Crippen molar-refractivity contribution in [1.82, 2.24) is 19.8 Å². The van der Waals surface area contributed by atoms with Gasteiger partial charge in [0, 0.05) is 38.4 Å². The number of likely N-dealkylation sites (tertiary alicyclic amines) is 1. The van der Waals surface area contributed by atoms with Gasteiger partial charge in [0.2, 0.25) is 0 Å². The van der Waals surface area contributed by atoms with Crippen LogP contribution in [0.25, 0.3) is 0 Å². The number of ether oxygens (including phenoxy) is 1. The van der Waals surface area contributed by atoms with Crippen LogP contribution in [0.4, 0.5) is 4.79 Å². The van der Waals surface area contributed by atoms with Crippen LogP contribution in [0.3, 0.4) is 0 Å². The largest absolute Gasteiger partial charge is 0.444 e. The molecule has 0 aliphatic carbocycles. The molecule has 22 heavy (non-hydrogen) atoms. The molecule has 124 valence electrons. The molecule has 0 radical (unpaired) electrons. The summed E-state index contributed by atoms with van der Waals surface area (Å²) in [4.78, 5) is 18.5. The number of carbonyl (C=O) groups is 1. The Morgan fingerprint density at radius 3 is 2.82 bits per heavy atom. The first-order valence-corrected chi connectivity index (χ1v) is 8.00. The molecule has 1 amide bonds. The van der Waals surface area contributed by atoms with Gasteiger partial charge >= 0.3 is 6.09 Å². The molecule has 2 unspecified atom stereocenters. The molecule has 1 aliphatic rings. The Morgan fingerprint density at radius 1 is 1.55 bits per heavy atom. The minimum absolute atomic E-state index is 0.164. The molecular formula is C16H28N4O2. The Hall–Kier alpha value is -1.56. The topological polar surface area (TPSA) is 59.4 Å². The van der Waals surface area contributed by atoms with Gasteiger partial charge in [-0.2, -0.15) is 0 Å². The predicted molar refractivity (Wildman–Crippen MR) is 85.5 cm³/mol. The summed E-state index contributed by atoms with van der Waals surface area (Å²) in [5, 5.41) is 3.51. The zero-order chi connectivity index (χ0) is 16.3. The molecule has 0 bridgehead atoms. The third-order valence-corrected chi connectivity index (χ3v) is 3.91. The summed E-state index contributed by atoms with van der Waals surface area (Å²) in [6, 6.07) is 0.164. The number of hydrogen-bond acceptors (Lipinski definition) is 4. The summed E-state index contributed by atoms with van der Waals surface area (Å²) in [6.45, 7) is 10.1. The molecule has 1 aliphatic heterocycles. The molecule has 0 saturated carbocycles. The van der Waals surface area contributed by atoms with E-state index in [1.54, 1.807) is 0 Å². The lowest BCUT2D eigenvalue weighted by atomic mass is 9.98. The quantitative estimate of drug-likeness (QED) is 0.927. The molecule has 1 saturated heterocycles. The van der Waals surface area contributed by atoms with Gasteiger partial charge in [-0.25, -0.2) is 9.78 Å². The third-order valence-electron chi connectivity index (χ3n) is 3.91. The second-order valence-electron chi connectivity index (χ2n) is 6.91. The molecule has 1 aromatic heterocycles. The van der Waals surface area contributed by atoms with Gasteiger partial charge in [-0.15, -0.1) is 0 Å². The van der Waals surface area contributed by atoms with Crippen LogP contribution in [0.1, 0.15) is 46.0 Å². The monoisotopic (exact) mass is 308 g/mol. The Labute approximate surface area is 132 Å². The fraction of sp³-hybridized carbons (Fsp3) is 0.750. The molecule has 0 aromatic carbocycles. The average molecular weight is 308 g/mol. The lowest BCUT2D eigenvalue weighted by molar-refractivity contribution is 0.0285. The number of aryl methyl sites for hydroxylation is 1.